The maximum Gasteiger partial charge on any atom is 0.275 e. The normalized spacial score (nSPS) is 10.9. The van der Waals surface area contributed by atoms with E-state index in [1.165, 1.54) is 30.1 Å². The molecule has 9 nitrogen and oxygen atoms in total. The van der Waals surface area contributed by atoms with Crippen molar-refractivity contribution in [1.82, 2.24) is 29.5 Å². The first-order chi connectivity index (χ1) is 14.0. The van der Waals surface area contributed by atoms with E-state index in [-0.39, 0.29) is 22.9 Å². The third kappa shape index (κ3) is 3.43. The van der Waals surface area contributed by atoms with Crippen LogP contribution in [0, 0.1) is 5.82 Å². The van der Waals surface area contributed by atoms with E-state index in [4.69, 9.17) is 0 Å². The van der Waals surface area contributed by atoms with Crippen LogP contribution >= 0.6 is 0 Å². The molecule has 0 spiro atoms. The molecule has 3 heterocycles. The zero-order chi connectivity index (χ0) is 20.5. The van der Waals surface area contributed by atoms with E-state index >= 15 is 0 Å². The fourth-order valence-electron chi connectivity index (χ4n) is 2.91. The molecule has 2 N–H and O–H groups in total. The third-order valence-electron chi connectivity index (χ3n) is 4.31. The summed E-state index contributed by atoms with van der Waals surface area (Å²) in [6.07, 6.45) is 4.72. The smallest absolute Gasteiger partial charge is 0.275 e. The van der Waals surface area contributed by atoms with Gasteiger partial charge in [-0.25, -0.2) is 9.37 Å². The number of nitrogens with zero attached hydrogens (tertiary/aromatic N) is 5. The van der Waals surface area contributed by atoms with Gasteiger partial charge in [0.25, 0.3) is 11.8 Å². The zero-order valence-electron chi connectivity index (χ0n) is 15.5. The van der Waals surface area contributed by atoms with Crippen LogP contribution in [-0.4, -0.2) is 43.0 Å². The predicted octanol–water partition coefficient (Wildman–Crippen LogP) is 1.88. The molecule has 4 rings (SSSR count). The van der Waals surface area contributed by atoms with E-state index in [0.717, 1.165) is 0 Å². The first-order valence-corrected chi connectivity index (χ1v) is 8.63. The number of nitrogens with one attached hydrogen (secondary N) is 2. The largest absolute Gasteiger partial charge is 0.355 e. The molecular weight excluding hydrogens is 377 g/mol. The number of carbonyl (C=O) groups is 2. The van der Waals surface area contributed by atoms with Crippen molar-refractivity contribution in [2.45, 2.75) is 0 Å². The molecule has 3 aromatic heterocycles. The third-order valence-corrected chi connectivity index (χ3v) is 4.31. The Bertz CT molecular complexity index is 1240. The van der Waals surface area contributed by atoms with Crippen LogP contribution in [-0.2, 0) is 7.05 Å². The average Bonchev–Trinajstić information content (AvgIpc) is 3.30. The lowest BCUT2D eigenvalue weighted by Crippen LogP contribution is -2.24. The first-order valence-electron chi connectivity index (χ1n) is 8.63. The Morgan fingerprint density at radius 2 is 1.97 bits per heavy atom. The summed E-state index contributed by atoms with van der Waals surface area (Å²) in [5.74, 6) is -0.720. The van der Waals surface area contributed by atoms with Gasteiger partial charge in [-0.3, -0.25) is 18.7 Å². The van der Waals surface area contributed by atoms with Crippen LogP contribution in [0.25, 0.3) is 17.0 Å². The highest BCUT2D eigenvalue weighted by Gasteiger charge is 2.22. The second-order valence-corrected chi connectivity index (χ2v) is 6.22. The number of anilines is 1. The molecule has 0 fully saturated rings. The number of benzene rings is 1. The van der Waals surface area contributed by atoms with Gasteiger partial charge in [0.05, 0.1) is 17.5 Å². The van der Waals surface area contributed by atoms with Gasteiger partial charge in [0.15, 0.2) is 0 Å². The first kappa shape index (κ1) is 18.3. The van der Waals surface area contributed by atoms with Gasteiger partial charge in [-0.1, -0.05) is 12.1 Å². The highest BCUT2D eigenvalue weighted by atomic mass is 19.1. The van der Waals surface area contributed by atoms with Crippen molar-refractivity contribution >= 4 is 23.4 Å². The van der Waals surface area contributed by atoms with Crippen molar-refractivity contribution in [3.05, 3.63) is 66.0 Å². The van der Waals surface area contributed by atoms with Gasteiger partial charge in [0.2, 0.25) is 5.78 Å². The van der Waals surface area contributed by atoms with Crippen LogP contribution in [0.15, 0.2) is 48.9 Å². The maximum absolute atomic E-state index is 13.5. The van der Waals surface area contributed by atoms with Crippen LogP contribution in [0.1, 0.15) is 20.8 Å². The number of halogens is 1. The fraction of sp³-hybridized carbons (Fsp3) is 0.105. The Kier molecular flexibility index (Phi) is 4.51. The van der Waals surface area contributed by atoms with Gasteiger partial charge < -0.3 is 10.6 Å². The topological polar surface area (TPSA) is 106 Å². The molecule has 1 aromatic carbocycles. The summed E-state index contributed by atoms with van der Waals surface area (Å²) in [7, 11) is 3.04. The predicted molar refractivity (Wildman–Crippen MR) is 103 cm³/mol. The minimum absolute atomic E-state index is 0.106. The minimum atomic E-state index is -0.530. The molecule has 0 bridgehead atoms. The van der Waals surface area contributed by atoms with Crippen LogP contribution in [0.2, 0.25) is 0 Å². The number of hydrogen-bond acceptors (Lipinski definition) is 5. The highest BCUT2D eigenvalue weighted by Crippen LogP contribution is 2.20. The van der Waals surface area contributed by atoms with Crippen LogP contribution in [0.3, 0.4) is 0 Å². The Morgan fingerprint density at radius 3 is 2.72 bits per heavy atom. The standard InChI is InChI=1S/C19H16FN7O2/c1-21-17(28)13-9-22-26(2)16(13)18(29)24-15-6-7-27-10-14(23-19(27)25-15)11-4-3-5-12(20)8-11/h3-10H,1-2H3,(H,21,28)(H,23,24,25,29). The number of carbonyl (C=O) groups excluding carboxylic acids is 2. The lowest BCUT2D eigenvalue weighted by atomic mass is 10.2. The molecule has 0 saturated heterocycles. The quantitative estimate of drug-likeness (QED) is 0.551. The van der Waals surface area contributed by atoms with Crippen molar-refractivity contribution in [3.8, 4) is 11.3 Å². The molecule has 0 aliphatic heterocycles. The van der Waals surface area contributed by atoms with E-state index < -0.39 is 11.8 Å². The van der Waals surface area contributed by atoms with Crippen molar-refractivity contribution < 1.29 is 14.0 Å². The number of rotatable bonds is 4. The van der Waals surface area contributed by atoms with Gasteiger partial charge in [-0.15, -0.1) is 0 Å². The number of aromatic nitrogens is 5. The molecule has 0 atom stereocenters. The van der Waals surface area contributed by atoms with E-state index in [0.29, 0.717) is 17.0 Å². The van der Waals surface area contributed by atoms with Gasteiger partial charge in [0.1, 0.15) is 17.3 Å². The second-order valence-electron chi connectivity index (χ2n) is 6.22. The average molecular weight is 393 g/mol. The lowest BCUT2D eigenvalue weighted by Gasteiger charge is -2.07. The Morgan fingerprint density at radius 1 is 1.14 bits per heavy atom. The molecule has 0 unspecified atom stereocenters. The Labute approximate surface area is 164 Å². The van der Waals surface area contributed by atoms with E-state index in [2.05, 4.69) is 25.7 Å². The molecular formula is C19H16FN7O2. The summed E-state index contributed by atoms with van der Waals surface area (Å²) < 4.78 is 16.4. The number of fused-ring (bicyclic) bond motifs is 1. The van der Waals surface area contributed by atoms with Crippen molar-refractivity contribution in [3.63, 3.8) is 0 Å². The fourth-order valence-corrected chi connectivity index (χ4v) is 2.91. The molecule has 0 aliphatic rings. The van der Waals surface area contributed by atoms with E-state index in [1.807, 2.05) is 0 Å². The van der Waals surface area contributed by atoms with Crippen molar-refractivity contribution in [1.29, 1.82) is 0 Å². The lowest BCUT2D eigenvalue weighted by molar-refractivity contribution is 0.0946. The molecule has 29 heavy (non-hydrogen) atoms. The Hall–Kier alpha value is -4.08. The van der Waals surface area contributed by atoms with Crippen LogP contribution in [0.4, 0.5) is 10.2 Å². The molecule has 2 amide bonds. The van der Waals surface area contributed by atoms with Crippen molar-refractivity contribution in [2.75, 3.05) is 12.4 Å². The van der Waals surface area contributed by atoms with E-state index in [1.54, 1.807) is 42.0 Å². The molecule has 4 aromatic rings. The zero-order valence-corrected chi connectivity index (χ0v) is 15.5. The maximum atomic E-state index is 13.5. The number of hydrogen-bond donors (Lipinski definition) is 2. The number of imidazole rings is 1. The van der Waals surface area contributed by atoms with Crippen LogP contribution < -0.4 is 10.6 Å². The summed E-state index contributed by atoms with van der Waals surface area (Å²) >= 11 is 0. The summed E-state index contributed by atoms with van der Waals surface area (Å²) in [5, 5.41) is 9.09. The monoisotopic (exact) mass is 393 g/mol. The SMILES string of the molecule is CNC(=O)c1cnn(C)c1C(=O)Nc1ccn2cc(-c3cccc(F)c3)nc2n1. The van der Waals surface area contributed by atoms with Gasteiger partial charge in [0, 0.05) is 32.1 Å². The summed E-state index contributed by atoms with van der Waals surface area (Å²) in [6, 6.07) is 7.68. The van der Waals surface area contributed by atoms with Crippen molar-refractivity contribution in [2.24, 2.45) is 7.05 Å². The molecule has 0 saturated carbocycles. The number of aryl methyl sites for hydroxylation is 1. The highest BCUT2D eigenvalue weighted by molar-refractivity contribution is 6.10. The summed E-state index contributed by atoms with van der Waals surface area (Å²) in [5.41, 5.74) is 1.43. The summed E-state index contributed by atoms with van der Waals surface area (Å²) in [4.78, 5) is 33.3. The second kappa shape index (κ2) is 7.15. The van der Waals surface area contributed by atoms with Gasteiger partial charge in [-0.05, 0) is 18.2 Å². The molecule has 0 aliphatic carbocycles. The molecule has 0 radical (unpaired) electrons. The van der Waals surface area contributed by atoms with Gasteiger partial charge >= 0.3 is 0 Å². The Balaban J connectivity index is 1.63. The van der Waals surface area contributed by atoms with Crippen LogP contribution in [0.5, 0.6) is 0 Å². The van der Waals surface area contributed by atoms with E-state index in [9.17, 15) is 14.0 Å². The van der Waals surface area contributed by atoms with Gasteiger partial charge in [-0.2, -0.15) is 10.1 Å². The summed E-state index contributed by atoms with van der Waals surface area (Å²) in [6.45, 7) is 0. The molecule has 10 heteroatoms. The minimum Gasteiger partial charge on any atom is -0.355 e. The number of amides is 2. The molecule has 146 valence electrons.